The maximum absolute atomic E-state index is 5.71. The minimum absolute atomic E-state index is 0.180. The lowest BCUT2D eigenvalue weighted by atomic mass is 10.1. The molecule has 0 aromatic heterocycles. The zero-order valence-corrected chi connectivity index (χ0v) is 7.90. The van der Waals surface area contributed by atoms with E-state index in [1.165, 1.54) is 5.56 Å². The van der Waals surface area contributed by atoms with E-state index in [4.69, 9.17) is 9.47 Å². The number of hydrogen-bond donors (Lipinski definition) is 1. The summed E-state index contributed by atoms with van der Waals surface area (Å²) in [6.45, 7) is 2.10. The third kappa shape index (κ3) is 1.25. The summed E-state index contributed by atoms with van der Waals surface area (Å²) in [4.78, 5) is 0. The van der Waals surface area contributed by atoms with Gasteiger partial charge in [0.25, 0.3) is 0 Å². The van der Waals surface area contributed by atoms with Crippen molar-refractivity contribution in [1.82, 2.24) is 5.32 Å². The van der Waals surface area contributed by atoms with Crippen LogP contribution in [0, 0.1) is 0 Å². The average molecular weight is 191 g/mol. The van der Waals surface area contributed by atoms with Crippen LogP contribution in [0.2, 0.25) is 0 Å². The predicted molar refractivity (Wildman–Crippen MR) is 51.8 cm³/mol. The SMILES string of the molecule is c1ccc([C@H]2COC3(COC3)N2)cc1. The van der Waals surface area contributed by atoms with Crippen LogP contribution in [0.25, 0.3) is 0 Å². The van der Waals surface area contributed by atoms with Crippen molar-refractivity contribution in [3.63, 3.8) is 0 Å². The first-order valence-electron chi connectivity index (χ1n) is 4.92. The van der Waals surface area contributed by atoms with E-state index >= 15 is 0 Å². The van der Waals surface area contributed by atoms with Crippen LogP contribution < -0.4 is 5.32 Å². The Bertz CT molecular complexity index is 321. The van der Waals surface area contributed by atoms with Gasteiger partial charge in [-0.25, -0.2) is 0 Å². The van der Waals surface area contributed by atoms with E-state index in [1.807, 2.05) is 6.07 Å². The fourth-order valence-electron chi connectivity index (χ4n) is 1.96. The van der Waals surface area contributed by atoms with Gasteiger partial charge in [0.2, 0.25) is 0 Å². The summed E-state index contributed by atoms with van der Waals surface area (Å²) in [5, 5.41) is 3.47. The van der Waals surface area contributed by atoms with Crippen LogP contribution in [-0.2, 0) is 9.47 Å². The Hall–Kier alpha value is -0.900. The van der Waals surface area contributed by atoms with Gasteiger partial charge in [-0.3, -0.25) is 5.32 Å². The Morgan fingerprint density at radius 3 is 2.57 bits per heavy atom. The molecule has 1 aromatic rings. The highest BCUT2D eigenvalue weighted by molar-refractivity contribution is 5.20. The monoisotopic (exact) mass is 191 g/mol. The van der Waals surface area contributed by atoms with Crippen LogP contribution in [0.15, 0.2) is 30.3 Å². The van der Waals surface area contributed by atoms with Gasteiger partial charge in [0, 0.05) is 0 Å². The van der Waals surface area contributed by atoms with Crippen molar-refractivity contribution in [2.24, 2.45) is 0 Å². The summed E-state index contributed by atoms with van der Waals surface area (Å²) in [7, 11) is 0. The lowest BCUT2D eigenvalue weighted by Gasteiger charge is -2.37. The van der Waals surface area contributed by atoms with Crippen molar-refractivity contribution in [2.45, 2.75) is 11.8 Å². The second-order valence-electron chi connectivity index (χ2n) is 3.91. The molecule has 1 atom stereocenters. The van der Waals surface area contributed by atoms with E-state index in [9.17, 15) is 0 Å². The minimum atomic E-state index is -0.180. The highest BCUT2D eigenvalue weighted by Gasteiger charge is 2.46. The van der Waals surface area contributed by atoms with E-state index in [1.54, 1.807) is 0 Å². The number of nitrogens with one attached hydrogen (secondary N) is 1. The van der Waals surface area contributed by atoms with Gasteiger partial charge in [0.05, 0.1) is 25.9 Å². The smallest absolute Gasteiger partial charge is 0.166 e. The normalized spacial score (nSPS) is 29.0. The summed E-state index contributed by atoms with van der Waals surface area (Å²) in [6.07, 6.45) is 0. The molecule has 2 aliphatic heterocycles. The number of hydrogen-bond acceptors (Lipinski definition) is 3. The predicted octanol–water partition coefficient (Wildman–Crippen LogP) is 1.07. The molecule has 2 aliphatic rings. The Morgan fingerprint density at radius 1 is 1.21 bits per heavy atom. The van der Waals surface area contributed by atoms with Crippen molar-refractivity contribution in [3.05, 3.63) is 35.9 Å². The van der Waals surface area contributed by atoms with Crippen molar-refractivity contribution in [2.75, 3.05) is 19.8 Å². The van der Waals surface area contributed by atoms with Gasteiger partial charge in [0.15, 0.2) is 5.72 Å². The second kappa shape index (κ2) is 3.05. The van der Waals surface area contributed by atoms with Gasteiger partial charge < -0.3 is 9.47 Å². The number of benzene rings is 1. The fraction of sp³-hybridized carbons (Fsp3) is 0.455. The molecule has 3 rings (SSSR count). The molecule has 14 heavy (non-hydrogen) atoms. The molecule has 3 nitrogen and oxygen atoms in total. The Morgan fingerprint density at radius 2 is 2.00 bits per heavy atom. The summed E-state index contributed by atoms with van der Waals surface area (Å²) in [6, 6.07) is 10.7. The largest absolute Gasteiger partial charge is 0.372 e. The van der Waals surface area contributed by atoms with Crippen LogP contribution in [0.4, 0.5) is 0 Å². The zero-order valence-electron chi connectivity index (χ0n) is 7.90. The van der Waals surface area contributed by atoms with Crippen molar-refractivity contribution < 1.29 is 9.47 Å². The third-order valence-corrected chi connectivity index (χ3v) is 2.84. The molecule has 3 heteroatoms. The van der Waals surface area contributed by atoms with Crippen LogP contribution in [-0.4, -0.2) is 25.5 Å². The molecule has 74 valence electrons. The lowest BCUT2D eigenvalue weighted by Crippen LogP contribution is -2.58. The van der Waals surface area contributed by atoms with E-state index in [-0.39, 0.29) is 5.72 Å². The third-order valence-electron chi connectivity index (χ3n) is 2.84. The first-order chi connectivity index (χ1) is 6.88. The number of rotatable bonds is 1. The molecular formula is C11H13NO2. The maximum atomic E-state index is 5.71. The van der Waals surface area contributed by atoms with E-state index in [0.29, 0.717) is 19.3 Å². The molecule has 0 saturated carbocycles. The fourth-order valence-corrected chi connectivity index (χ4v) is 1.96. The molecule has 1 spiro atoms. The van der Waals surface area contributed by atoms with E-state index in [0.717, 1.165) is 6.61 Å². The van der Waals surface area contributed by atoms with Gasteiger partial charge >= 0.3 is 0 Å². The van der Waals surface area contributed by atoms with Crippen LogP contribution in [0.3, 0.4) is 0 Å². The van der Waals surface area contributed by atoms with Gasteiger partial charge in [-0.1, -0.05) is 30.3 Å². The minimum Gasteiger partial charge on any atom is -0.372 e. The Kier molecular flexibility index (Phi) is 1.83. The van der Waals surface area contributed by atoms with Gasteiger partial charge in [0.1, 0.15) is 0 Å². The standard InChI is InChI=1S/C11H13NO2/c1-2-4-9(5-3-1)10-6-14-11(12-10)7-13-8-11/h1-5,10,12H,6-8H2/t10-/m1/s1. The zero-order chi connectivity index (χ0) is 9.43. The highest BCUT2D eigenvalue weighted by atomic mass is 16.6. The van der Waals surface area contributed by atoms with Gasteiger partial charge in [-0.05, 0) is 5.56 Å². The lowest BCUT2D eigenvalue weighted by molar-refractivity contribution is -0.195. The van der Waals surface area contributed by atoms with Gasteiger partial charge in [-0.15, -0.1) is 0 Å². The van der Waals surface area contributed by atoms with E-state index < -0.39 is 0 Å². The summed E-state index contributed by atoms with van der Waals surface area (Å²) in [5.74, 6) is 0. The molecule has 1 aromatic carbocycles. The molecular weight excluding hydrogens is 178 g/mol. The second-order valence-corrected chi connectivity index (χ2v) is 3.91. The molecule has 0 aliphatic carbocycles. The molecule has 1 N–H and O–H groups in total. The molecule has 2 heterocycles. The molecule has 0 bridgehead atoms. The topological polar surface area (TPSA) is 30.5 Å². The first kappa shape index (κ1) is 8.41. The quantitative estimate of drug-likeness (QED) is 0.720. The molecule has 2 fully saturated rings. The van der Waals surface area contributed by atoms with Crippen LogP contribution in [0.5, 0.6) is 0 Å². The maximum Gasteiger partial charge on any atom is 0.166 e. The first-order valence-corrected chi connectivity index (χ1v) is 4.92. The van der Waals surface area contributed by atoms with Crippen molar-refractivity contribution in [3.8, 4) is 0 Å². The van der Waals surface area contributed by atoms with Gasteiger partial charge in [-0.2, -0.15) is 0 Å². The van der Waals surface area contributed by atoms with Crippen LogP contribution >= 0.6 is 0 Å². The van der Waals surface area contributed by atoms with Crippen molar-refractivity contribution in [1.29, 1.82) is 0 Å². The molecule has 0 amide bonds. The van der Waals surface area contributed by atoms with Crippen molar-refractivity contribution >= 4 is 0 Å². The Labute approximate surface area is 83.0 Å². The molecule has 2 saturated heterocycles. The van der Waals surface area contributed by atoms with Crippen LogP contribution in [0.1, 0.15) is 11.6 Å². The Balaban J connectivity index is 1.76. The average Bonchev–Trinajstić information content (AvgIpc) is 2.63. The molecule has 0 unspecified atom stereocenters. The van der Waals surface area contributed by atoms with E-state index in [2.05, 4.69) is 29.6 Å². The molecule has 0 radical (unpaired) electrons. The summed E-state index contributed by atoms with van der Waals surface area (Å²) < 4.78 is 10.9. The number of ether oxygens (including phenoxy) is 2. The summed E-state index contributed by atoms with van der Waals surface area (Å²) >= 11 is 0. The highest BCUT2D eigenvalue weighted by Crippen LogP contribution is 2.30. The summed E-state index contributed by atoms with van der Waals surface area (Å²) in [5.41, 5.74) is 1.11.